The number of hydrogen-bond acceptors (Lipinski definition) is 1. The molecule has 0 fully saturated rings. The van der Waals surface area contributed by atoms with Crippen LogP contribution in [-0.4, -0.2) is 19.0 Å². The highest BCUT2D eigenvalue weighted by Gasteiger charge is 2.07. The van der Waals surface area contributed by atoms with Crippen LogP contribution in [0.1, 0.15) is 19.4 Å². The van der Waals surface area contributed by atoms with Crippen LogP contribution in [0.3, 0.4) is 0 Å². The Labute approximate surface area is 106 Å². The van der Waals surface area contributed by atoms with Gasteiger partial charge in [-0.25, -0.2) is 8.78 Å². The zero-order valence-corrected chi connectivity index (χ0v) is 10.7. The number of nitrogens with zero attached hydrogens (tertiary/aromatic N) is 1. The Morgan fingerprint density at radius 1 is 1.33 bits per heavy atom. The fourth-order valence-electron chi connectivity index (χ4n) is 1.42. The lowest BCUT2D eigenvalue weighted by Gasteiger charge is -2.08. The summed E-state index contributed by atoms with van der Waals surface area (Å²) in [4.78, 5) is 4.10. The first-order valence-corrected chi connectivity index (χ1v) is 5.97. The Bertz CT molecular complexity index is 396. The van der Waals surface area contributed by atoms with Crippen LogP contribution < -0.4 is 11.1 Å². The molecule has 0 aromatic heterocycles. The molecule has 5 heteroatoms. The van der Waals surface area contributed by atoms with Crippen LogP contribution >= 0.6 is 0 Å². The second-order valence-electron chi connectivity index (χ2n) is 4.50. The molecule has 0 aliphatic rings. The Kier molecular flexibility index (Phi) is 5.55. The zero-order valence-electron chi connectivity index (χ0n) is 10.7. The van der Waals surface area contributed by atoms with Crippen LogP contribution in [0.5, 0.6) is 0 Å². The highest BCUT2D eigenvalue weighted by Crippen LogP contribution is 2.11. The molecular weight excluding hydrogens is 236 g/mol. The molecule has 3 N–H and O–H groups in total. The van der Waals surface area contributed by atoms with E-state index in [0.29, 0.717) is 25.0 Å². The van der Waals surface area contributed by atoms with Gasteiger partial charge in [-0.2, -0.15) is 0 Å². The van der Waals surface area contributed by atoms with Crippen molar-refractivity contribution in [1.82, 2.24) is 5.32 Å². The van der Waals surface area contributed by atoms with Crippen LogP contribution in [0.25, 0.3) is 0 Å². The van der Waals surface area contributed by atoms with Gasteiger partial charge in [-0.05, 0) is 24.5 Å². The summed E-state index contributed by atoms with van der Waals surface area (Å²) >= 11 is 0. The summed E-state index contributed by atoms with van der Waals surface area (Å²) in [7, 11) is 0. The number of halogens is 2. The predicted octanol–water partition coefficient (Wildman–Crippen LogP) is 2.07. The van der Waals surface area contributed by atoms with Crippen molar-refractivity contribution in [2.75, 3.05) is 13.1 Å². The molecule has 100 valence electrons. The van der Waals surface area contributed by atoms with Crippen LogP contribution in [0, 0.1) is 17.6 Å². The molecular formula is C13H19F2N3. The molecule has 1 aromatic rings. The lowest BCUT2D eigenvalue weighted by molar-refractivity contribution is 0.553. The van der Waals surface area contributed by atoms with Crippen molar-refractivity contribution in [2.24, 2.45) is 16.6 Å². The third-order valence-corrected chi connectivity index (χ3v) is 2.37. The minimum Gasteiger partial charge on any atom is -0.370 e. The summed E-state index contributed by atoms with van der Waals surface area (Å²) < 4.78 is 26.6. The molecule has 0 amide bonds. The minimum atomic E-state index is -0.533. The summed E-state index contributed by atoms with van der Waals surface area (Å²) in [6.45, 7) is 5.05. The Balaban J connectivity index is 2.44. The molecule has 0 atom stereocenters. The molecule has 0 bridgehead atoms. The monoisotopic (exact) mass is 255 g/mol. The average molecular weight is 255 g/mol. The Morgan fingerprint density at radius 3 is 2.50 bits per heavy atom. The number of guanidine groups is 1. The topological polar surface area (TPSA) is 50.4 Å². The number of nitrogens with two attached hydrogens (primary N) is 1. The summed E-state index contributed by atoms with van der Waals surface area (Å²) in [6, 6.07) is 3.84. The van der Waals surface area contributed by atoms with E-state index in [1.54, 1.807) is 0 Å². The number of hydrogen-bond donors (Lipinski definition) is 2. The third-order valence-electron chi connectivity index (χ3n) is 2.37. The third kappa shape index (κ3) is 4.69. The maximum Gasteiger partial charge on any atom is 0.188 e. The minimum absolute atomic E-state index is 0.0710. The molecule has 0 heterocycles. The van der Waals surface area contributed by atoms with Crippen LogP contribution in [-0.2, 0) is 6.42 Å². The first kappa shape index (κ1) is 14.4. The summed E-state index contributed by atoms with van der Waals surface area (Å²) in [5.74, 6) is -0.334. The van der Waals surface area contributed by atoms with E-state index in [1.165, 1.54) is 18.2 Å². The van der Waals surface area contributed by atoms with Crippen LogP contribution in [0.2, 0.25) is 0 Å². The fraction of sp³-hybridized carbons (Fsp3) is 0.462. The first-order chi connectivity index (χ1) is 8.50. The average Bonchev–Trinajstić information content (AvgIpc) is 2.30. The standard InChI is InChI=1S/C13H19F2N3/c1-9(2)8-18-13(16)17-7-6-10-11(14)4-3-5-12(10)15/h3-5,9H,6-8H2,1-2H3,(H3,16,17,18). The summed E-state index contributed by atoms with van der Waals surface area (Å²) in [6.07, 6.45) is 0.233. The molecule has 1 rings (SSSR count). The highest BCUT2D eigenvalue weighted by atomic mass is 19.1. The lowest BCUT2D eigenvalue weighted by atomic mass is 10.1. The van der Waals surface area contributed by atoms with E-state index in [4.69, 9.17) is 5.73 Å². The zero-order chi connectivity index (χ0) is 13.5. The van der Waals surface area contributed by atoms with Gasteiger partial charge in [-0.15, -0.1) is 0 Å². The number of rotatable bonds is 5. The van der Waals surface area contributed by atoms with Gasteiger partial charge in [-0.3, -0.25) is 4.99 Å². The molecule has 18 heavy (non-hydrogen) atoms. The van der Waals surface area contributed by atoms with Gasteiger partial charge in [-0.1, -0.05) is 19.9 Å². The second kappa shape index (κ2) is 6.93. The molecule has 0 unspecified atom stereocenters. The molecule has 0 aliphatic carbocycles. The van der Waals surface area contributed by atoms with E-state index in [2.05, 4.69) is 10.3 Å². The van der Waals surface area contributed by atoms with Gasteiger partial charge in [0.05, 0.1) is 0 Å². The van der Waals surface area contributed by atoms with Crippen LogP contribution in [0.4, 0.5) is 8.78 Å². The Hall–Kier alpha value is -1.65. The fourth-order valence-corrected chi connectivity index (χ4v) is 1.42. The first-order valence-electron chi connectivity index (χ1n) is 5.97. The van der Waals surface area contributed by atoms with Crippen molar-refractivity contribution in [2.45, 2.75) is 20.3 Å². The quantitative estimate of drug-likeness (QED) is 0.625. The van der Waals surface area contributed by atoms with Gasteiger partial charge in [0.25, 0.3) is 0 Å². The van der Waals surface area contributed by atoms with E-state index in [1.807, 2.05) is 13.8 Å². The van der Waals surface area contributed by atoms with Gasteiger partial charge < -0.3 is 11.1 Å². The molecule has 3 nitrogen and oxygen atoms in total. The molecule has 0 saturated carbocycles. The normalized spacial score (nSPS) is 11.9. The van der Waals surface area contributed by atoms with Gasteiger partial charge in [0.15, 0.2) is 5.96 Å². The summed E-state index contributed by atoms with van der Waals surface area (Å²) in [5, 5.41) is 2.84. The molecule has 0 spiro atoms. The van der Waals surface area contributed by atoms with Gasteiger partial charge in [0, 0.05) is 18.7 Å². The molecule has 0 radical (unpaired) electrons. The highest BCUT2D eigenvalue weighted by molar-refractivity contribution is 5.77. The van der Waals surface area contributed by atoms with Crippen molar-refractivity contribution in [1.29, 1.82) is 0 Å². The largest absolute Gasteiger partial charge is 0.370 e. The van der Waals surface area contributed by atoms with Crippen LogP contribution in [0.15, 0.2) is 23.2 Å². The maximum absolute atomic E-state index is 13.3. The predicted molar refractivity (Wildman–Crippen MR) is 69.4 cm³/mol. The van der Waals surface area contributed by atoms with Gasteiger partial charge in [0.2, 0.25) is 0 Å². The van der Waals surface area contributed by atoms with E-state index < -0.39 is 11.6 Å². The van der Waals surface area contributed by atoms with E-state index in [0.717, 1.165) is 0 Å². The van der Waals surface area contributed by atoms with Crippen molar-refractivity contribution in [3.8, 4) is 0 Å². The second-order valence-corrected chi connectivity index (χ2v) is 4.50. The molecule has 0 saturated heterocycles. The van der Waals surface area contributed by atoms with E-state index in [9.17, 15) is 8.78 Å². The van der Waals surface area contributed by atoms with Crippen molar-refractivity contribution in [3.63, 3.8) is 0 Å². The molecule has 1 aromatic carbocycles. The lowest BCUT2D eigenvalue weighted by Crippen LogP contribution is -2.33. The van der Waals surface area contributed by atoms with Crippen molar-refractivity contribution in [3.05, 3.63) is 35.4 Å². The smallest absolute Gasteiger partial charge is 0.188 e. The van der Waals surface area contributed by atoms with E-state index >= 15 is 0 Å². The molecule has 0 aliphatic heterocycles. The van der Waals surface area contributed by atoms with Crippen molar-refractivity contribution >= 4 is 5.96 Å². The Morgan fingerprint density at radius 2 is 1.94 bits per heavy atom. The van der Waals surface area contributed by atoms with Crippen molar-refractivity contribution < 1.29 is 8.78 Å². The number of nitrogens with one attached hydrogen (secondary N) is 1. The SMILES string of the molecule is CC(C)CN=C(N)NCCc1c(F)cccc1F. The van der Waals surface area contributed by atoms with Gasteiger partial charge in [0.1, 0.15) is 11.6 Å². The number of aliphatic imine (C=N–C) groups is 1. The maximum atomic E-state index is 13.3. The number of benzene rings is 1. The van der Waals surface area contributed by atoms with Gasteiger partial charge >= 0.3 is 0 Å². The van der Waals surface area contributed by atoms with E-state index in [-0.39, 0.29) is 12.0 Å². The summed E-state index contributed by atoms with van der Waals surface area (Å²) in [5.41, 5.74) is 5.68.